The molecule has 4 heteroatoms. The summed E-state index contributed by atoms with van der Waals surface area (Å²) in [6, 6.07) is -0.415. The first-order valence-corrected chi connectivity index (χ1v) is 7.10. The van der Waals surface area contributed by atoms with E-state index in [1.807, 2.05) is 0 Å². The molecule has 0 saturated carbocycles. The molecule has 0 aromatic rings. The molecule has 0 rings (SSSR count). The minimum absolute atomic E-state index is 0.0292. The van der Waals surface area contributed by atoms with Gasteiger partial charge in [0.25, 0.3) is 0 Å². The molecule has 1 atom stereocenters. The fraction of sp³-hybridized carbons (Fsp3) is 0.857. The van der Waals surface area contributed by atoms with Gasteiger partial charge < -0.3 is 14.8 Å². The van der Waals surface area contributed by atoms with Crippen LogP contribution in [-0.4, -0.2) is 24.5 Å². The molecule has 0 aliphatic heterocycles. The van der Waals surface area contributed by atoms with Crippen LogP contribution in [0.1, 0.15) is 65.7 Å². The highest BCUT2D eigenvalue weighted by atomic mass is 16.6. The highest BCUT2D eigenvalue weighted by molar-refractivity contribution is 5.73. The van der Waals surface area contributed by atoms with Crippen molar-refractivity contribution in [2.24, 2.45) is 0 Å². The van der Waals surface area contributed by atoms with Gasteiger partial charge in [-0.3, -0.25) is 0 Å². The summed E-state index contributed by atoms with van der Waals surface area (Å²) in [5.74, 6) is 0. The van der Waals surface area contributed by atoms with Crippen LogP contribution in [0, 0.1) is 0 Å². The van der Waals surface area contributed by atoms with Crippen LogP contribution in [0.2, 0.25) is 0 Å². The Morgan fingerprint density at radius 3 is 2.17 bits per heavy atom. The van der Waals surface area contributed by atoms with E-state index in [0.717, 1.165) is 44.8 Å². The summed E-state index contributed by atoms with van der Waals surface area (Å²) in [4.78, 5) is 22.5. The summed E-state index contributed by atoms with van der Waals surface area (Å²) in [6.07, 6.45) is 6.65. The highest BCUT2D eigenvalue weighted by Crippen LogP contribution is 2.09. The average Bonchev–Trinajstić information content (AvgIpc) is 2.35. The number of unbranched alkanes of at least 4 members (excludes halogenated alkanes) is 1. The normalized spacial score (nSPS) is 12.2. The molecule has 0 fully saturated rings. The number of amides is 1. The minimum atomic E-state index is -0.463. The van der Waals surface area contributed by atoms with Crippen LogP contribution < -0.4 is 5.32 Å². The second-order valence-electron chi connectivity index (χ2n) is 4.63. The van der Waals surface area contributed by atoms with Crippen LogP contribution in [0.3, 0.4) is 0 Å². The summed E-state index contributed by atoms with van der Waals surface area (Å²) in [6.45, 7) is 6.19. The largest absolute Gasteiger partial charge is 0.446 e. The standard InChI is InChI=1S/C14H27NO3/c1-4-7-10-12(11-16)15-14(17)18-13(8-5-2)9-6-3/h11-13H,4-10H2,1-3H3,(H,15,17)/t12-/m0/s1. The third kappa shape index (κ3) is 8.09. The van der Waals surface area contributed by atoms with Gasteiger partial charge >= 0.3 is 6.09 Å². The molecule has 0 heterocycles. The Hall–Kier alpha value is -1.06. The summed E-state index contributed by atoms with van der Waals surface area (Å²) < 4.78 is 5.33. The monoisotopic (exact) mass is 257 g/mol. The summed E-state index contributed by atoms with van der Waals surface area (Å²) >= 11 is 0. The van der Waals surface area contributed by atoms with E-state index in [4.69, 9.17) is 4.74 Å². The molecule has 0 radical (unpaired) electrons. The Morgan fingerprint density at radius 1 is 1.11 bits per heavy atom. The third-order valence-electron chi connectivity index (χ3n) is 2.83. The van der Waals surface area contributed by atoms with E-state index in [2.05, 4.69) is 26.1 Å². The molecule has 0 saturated heterocycles. The Kier molecular flexibility index (Phi) is 10.4. The topological polar surface area (TPSA) is 55.4 Å². The maximum atomic E-state index is 11.6. The van der Waals surface area contributed by atoms with Crippen LogP contribution >= 0.6 is 0 Å². The van der Waals surface area contributed by atoms with E-state index in [9.17, 15) is 9.59 Å². The van der Waals surface area contributed by atoms with E-state index >= 15 is 0 Å². The van der Waals surface area contributed by atoms with Crippen molar-refractivity contribution in [3.05, 3.63) is 0 Å². The SMILES string of the molecule is CCCC[C@@H](C=O)NC(=O)OC(CCC)CCC. The highest BCUT2D eigenvalue weighted by Gasteiger charge is 2.16. The second-order valence-corrected chi connectivity index (χ2v) is 4.63. The van der Waals surface area contributed by atoms with E-state index in [1.54, 1.807) is 0 Å². The van der Waals surface area contributed by atoms with Crippen molar-refractivity contribution in [1.82, 2.24) is 5.32 Å². The number of rotatable bonds is 10. The van der Waals surface area contributed by atoms with Crippen molar-refractivity contribution in [3.8, 4) is 0 Å². The van der Waals surface area contributed by atoms with Gasteiger partial charge in [0.2, 0.25) is 0 Å². The Balaban J connectivity index is 4.07. The maximum absolute atomic E-state index is 11.6. The molecule has 106 valence electrons. The van der Waals surface area contributed by atoms with Gasteiger partial charge in [0.15, 0.2) is 0 Å². The first-order valence-electron chi connectivity index (χ1n) is 7.10. The maximum Gasteiger partial charge on any atom is 0.407 e. The van der Waals surface area contributed by atoms with Crippen LogP contribution in [0.15, 0.2) is 0 Å². The van der Waals surface area contributed by atoms with E-state index in [0.29, 0.717) is 6.42 Å². The number of carbonyl (C=O) groups is 2. The van der Waals surface area contributed by atoms with Gasteiger partial charge in [-0.25, -0.2) is 4.79 Å². The fourth-order valence-electron chi connectivity index (χ4n) is 1.84. The fourth-order valence-corrected chi connectivity index (χ4v) is 1.84. The molecular weight excluding hydrogens is 230 g/mol. The molecule has 4 nitrogen and oxygen atoms in total. The van der Waals surface area contributed by atoms with Gasteiger partial charge in [-0.15, -0.1) is 0 Å². The molecule has 1 N–H and O–H groups in total. The van der Waals surface area contributed by atoms with Crippen LogP contribution in [0.4, 0.5) is 4.79 Å². The number of nitrogens with one attached hydrogen (secondary N) is 1. The first-order chi connectivity index (χ1) is 8.67. The zero-order valence-electron chi connectivity index (χ0n) is 11.9. The average molecular weight is 257 g/mol. The van der Waals surface area contributed by atoms with Crippen molar-refractivity contribution < 1.29 is 14.3 Å². The van der Waals surface area contributed by atoms with Gasteiger partial charge in [-0.1, -0.05) is 46.5 Å². The first kappa shape index (κ1) is 16.9. The summed E-state index contributed by atoms with van der Waals surface area (Å²) in [5.41, 5.74) is 0. The van der Waals surface area contributed by atoms with Gasteiger partial charge in [0.05, 0.1) is 6.04 Å². The molecule has 0 spiro atoms. The second kappa shape index (κ2) is 11.1. The molecule has 1 amide bonds. The lowest BCUT2D eigenvalue weighted by molar-refractivity contribution is -0.109. The lowest BCUT2D eigenvalue weighted by atomic mass is 10.1. The number of hydrogen-bond acceptors (Lipinski definition) is 3. The molecule has 0 aromatic carbocycles. The van der Waals surface area contributed by atoms with E-state index in [-0.39, 0.29) is 6.10 Å². The predicted octanol–water partition coefficient (Wildman–Crippen LogP) is 3.44. The van der Waals surface area contributed by atoms with Gasteiger partial charge in [0.1, 0.15) is 12.4 Å². The van der Waals surface area contributed by atoms with Gasteiger partial charge in [0, 0.05) is 0 Å². The number of hydrogen-bond donors (Lipinski definition) is 1. The third-order valence-corrected chi connectivity index (χ3v) is 2.83. The number of ether oxygens (including phenoxy) is 1. The number of carbonyl (C=O) groups excluding carboxylic acids is 2. The van der Waals surface area contributed by atoms with E-state index < -0.39 is 12.1 Å². The zero-order chi connectivity index (χ0) is 13.8. The van der Waals surface area contributed by atoms with Crippen molar-refractivity contribution in [1.29, 1.82) is 0 Å². The molecule has 0 aliphatic rings. The Morgan fingerprint density at radius 2 is 1.72 bits per heavy atom. The van der Waals surface area contributed by atoms with Crippen LogP contribution in [0.5, 0.6) is 0 Å². The molecule has 18 heavy (non-hydrogen) atoms. The smallest absolute Gasteiger partial charge is 0.407 e. The van der Waals surface area contributed by atoms with Crippen molar-refractivity contribution in [3.63, 3.8) is 0 Å². The van der Waals surface area contributed by atoms with Crippen molar-refractivity contribution in [2.45, 2.75) is 77.9 Å². The number of alkyl carbamates (subject to hydrolysis) is 1. The van der Waals surface area contributed by atoms with Crippen LogP contribution in [0.25, 0.3) is 0 Å². The molecule has 0 bridgehead atoms. The minimum Gasteiger partial charge on any atom is -0.446 e. The summed E-state index contributed by atoms with van der Waals surface area (Å²) in [5, 5.41) is 2.62. The lowest BCUT2D eigenvalue weighted by Gasteiger charge is -2.18. The van der Waals surface area contributed by atoms with Gasteiger partial charge in [-0.2, -0.15) is 0 Å². The Labute approximate surface area is 110 Å². The Bertz CT molecular complexity index is 225. The van der Waals surface area contributed by atoms with Crippen LogP contribution in [-0.2, 0) is 9.53 Å². The quantitative estimate of drug-likeness (QED) is 0.610. The van der Waals surface area contributed by atoms with Crippen molar-refractivity contribution in [2.75, 3.05) is 0 Å². The van der Waals surface area contributed by atoms with Crippen molar-refractivity contribution >= 4 is 12.4 Å². The molecule has 0 aromatic heterocycles. The predicted molar refractivity (Wildman–Crippen MR) is 72.6 cm³/mol. The number of aldehydes is 1. The summed E-state index contributed by atoms with van der Waals surface area (Å²) in [7, 11) is 0. The zero-order valence-corrected chi connectivity index (χ0v) is 11.9. The van der Waals surface area contributed by atoms with Gasteiger partial charge in [-0.05, 0) is 19.3 Å². The molecular formula is C14H27NO3. The molecule has 0 aliphatic carbocycles. The lowest BCUT2D eigenvalue weighted by Crippen LogP contribution is -2.38. The van der Waals surface area contributed by atoms with E-state index in [1.165, 1.54) is 0 Å². The molecule has 0 unspecified atom stereocenters.